The minimum atomic E-state index is -0.208. The fraction of sp³-hybridized carbons (Fsp3) is 0.714. The molecule has 0 N–H and O–H groups in total. The van der Waals surface area contributed by atoms with Gasteiger partial charge in [-0.3, -0.25) is 9.59 Å². The number of fused-ring (bicyclic) bond motifs is 5. The molecule has 0 radical (unpaired) electrons. The highest BCUT2D eigenvalue weighted by molar-refractivity contribution is 5.87. The molecule has 0 aliphatic heterocycles. The molecule has 0 heterocycles. The Balaban J connectivity index is 1.63. The van der Waals surface area contributed by atoms with Crippen molar-refractivity contribution in [3.63, 3.8) is 0 Å². The Morgan fingerprint density at radius 1 is 1.25 bits per heavy atom. The lowest BCUT2D eigenvalue weighted by Gasteiger charge is -2.55. The van der Waals surface area contributed by atoms with Crippen LogP contribution >= 0.6 is 0 Å². The number of ether oxygens (including phenoxy) is 1. The molecule has 0 spiro atoms. The number of allylic oxidation sites excluding steroid dienone is 2. The van der Waals surface area contributed by atoms with E-state index in [9.17, 15) is 9.59 Å². The molecular weight excluding hydrogens is 300 g/mol. The van der Waals surface area contributed by atoms with Crippen LogP contribution < -0.4 is 0 Å². The molecule has 0 aromatic rings. The van der Waals surface area contributed by atoms with E-state index in [-0.39, 0.29) is 22.9 Å². The molecule has 6 atom stereocenters. The lowest BCUT2D eigenvalue weighted by atomic mass is 9.49. The van der Waals surface area contributed by atoms with Crippen LogP contribution in [0.1, 0.15) is 59.3 Å². The molecule has 3 heteroatoms. The Hall–Kier alpha value is -1.38. The number of carbonyl (C=O) groups is 2. The molecule has 2 fully saturated rings. The molecule has 0 saturated heterocycles. The van der Waals surface area contributed by atoms with Crippen molar-refractivity contribution in [1.82, 2.24) is 0 Å². The Morgan fingerprint density at radius 2 is 2.04 bits per heavy atom. The van der Waals surface area contributed by atoms with E-state index < -0.39 is 0 Å². The summed E-state index contributed by atoms with van der Waals surface area (Å²) in [4.78, 5) is 23.7. The summed E-state index contributed by atoms with van der Waals surface area (Å²) in [6.45, 7) is 6.06. The Morgan fingerprint density at radius 3 is 2.79 bits per heavy atom. The second-order valence-corrected chi connectivity index (χ2v) is 8.75. The van der Waals surface area contributed by atoms with Crippen LogP contribution in [0, 0.1) is 28.6 Å². The predicted octanol–water partition coefficient (Wildman–Crippen LogP) is 4.23. The Kier molecular flexibility index (Phi) is 3.56. The molecule has 0 aromatic heterocycles. The SMILES string of the molecule is CC(=O)O[C@H]1C=CC2(C)C(=CC[C@@H]3[C@@H]2CC[C@]2(C)C(=O)CC[C@@H]32)C1. The summed E-state index contributed by atoms with van der Waals surface area (Å²) in [6.07, 6.45) is 12.6. The molecular formula is C21H28O3. The van der Waals surface area contributed by atoms with Crippen LogP contribution in [-0.4, -0.2) is 17.9 Å². The van der Waals surface area contributed by atoms with E-state index >= 15 is 0 Å². The summed E-state index contributed by atoms with van der Waals surface area (Å²) in [5.74, 6) is 2.09. The van der Waals surface area contributed by atoms with Crippen molar-refractivity contribution in [3.8, 4) is 0 Å². The summed E-state index contributed by atoms with van der Waals surface area (Å²) in [5.41, 5.74) is 1.44. The molecule has 4 aliphatic rings. The summed E-state index contributed by atoms with van der Waals surface area (Å²) in [6, 6.07) is 0. The van der Waals surface area contributed by atoms with Gasteiger partial charge in [-0.15, -0.1) is 0 Å². The molecule has 0 bridgehead atoms. The lowest BCUT2D eigenvalue weighted by Crippen LogP contribution is -2.49. The van der Waals surface area contributed by atoms with Gasteiger partial charge < -0.3 is 4.74 Å². The largest absolute Gasteiger partial charge is 0.458 e. The van der Waals surface area contributed by atoms with Crippen molar-refractivity contribution >= 4 is 11.8 Å². The number of hydrogen-bond donors (Lipinski definition) is 0. The normalized spacial score (nSPS) is 46.6. The minimum absolute atomic E-state index is 0.0679. The fourth-order valence-electron chi connectivity index (χ4n) is 6.29. The molecule has 4 rings (SSSR count). The first-order chi connectivity index (χ1) is 11.3. The third-order valence-corrected chi connectivity index (χ3v) is 7.64. The van der Waals surface area contributed by atoms with E-state index in [1.807, 2.05) is 0 Å². The van der Waals surface area contributed by atoms with Crippen LogP contribution in [0.25, 0.3) is 0 Å². The average molecular weight is 328 g/mol. The van der Waals surface area contributed by atoms with Gasteiger partial charge in [-0.2, -0.15) is 0 Å². The summed E-state index contributed by atoms with van der Waals surface area (Å²) in [5, 5.41) is 0. The van der Waals surface area contributed by atoms with Crippen LogP contribution in [0.2, 0.25) is 0 Å². The van der Waals surface area contributed by atoms with Crippen molar-refractivity contribution < 1.29 is 14.3 Å². The molecule has 4 aliphatic carbocycles. The summed E-state index contributed by atoms with van der Waals surface area (Å²) >= 11 is 0. The number of Topliss-reactive ketones (excluding diaryl/α,β-unsaturated/α-hetero) is 1. The lowest BCUT2D eigenvalue weighted by molar-refractivity contribution is -0.144. The van der Waals surface area contributed by atoms with E-state index in [4.69, 9.17) is 4.74 Å². The van der Waals surface area contributed by atoms with Gasteiger partial charge in [0.2, 0.25) is 0 Å². The number of carbonyl (C=O) groups excluding carboxylic acids is 2. The van der Waals surface area contributed by atoms with Crippen molar-refractivity contribution in [3.05, 3.63) is 23.8 Å². The number of hydrogen-bond acceptors (Lipinski definition) is 3. The zero-order valence-corrected chi connectivity index (χ0v) is 15.0. The molecule has 130 valence electrons. The molecule has 0 aromatic carbocycles. The number of ketones is 1. The van der Waals surface area contributed by atoms with E-state index in [2.05, 4.69) is 32.1 Å². The van der Waals surface area contributed by atoms with Crippen LogP contribution in [0.4, 0.5) is 0 Å². The summed E-state index contributed by atoms with van der Waals surface area (Å²) in [7, 11) is 0. The van der Waals surface area contributed by atoms with Crippen LogP contribution in [0.3, 0.4) is 0 Å². The van der Waals surface area contributed by atoms with Crippen LogP contribution in [-0.2, 0) is 14.3 Å². The third-order valence-electron chi connectivity index (χ3n) is 7.64. The monoisotopic (exact) mass is 328 g/mol. The van der Waals surface area contributed by atoms with Gasteiger partial charge in [-0.05, 0) is 49.5 Å². The van der Waals surface area contributed by atoms with Crippen molar-refractivity contribution in [2.24, 2.45) is 28.6 Å². The van der Waals surface area contributed by atoms with Crippen molar-refractivity contribution in [1.29, 1.82) is 0 Å². The Bertz CT molecular complexity index is 645. The minimum Gasteiger partial charge on any atom is -0.458 e. The predicted molar refractivity (Wildman–Crippen MR) is 92.2 cm³/mol. The Labute approximate surface area is 144 Å². The van der Waals surface area contributed by atoms with Gasteiger partial charge in [-0.25, -0.2) is 0 Å². The maximum atomic E-state index is 12.4. The molecule has 1 unspecified atom stereocenters. The summed E-state index contributed by atoms with van der Waals surface area (Å²) < 4.78 is 5.41. The second-order valence-electron chi connectivity index (χ2n) is 8.75. The van der Waals surface area contributed by atoms with Gasteiger partial charge in [0.05, 0.1) is 0 Å². The first kappa shape index (κ1) is 16.1. The van der Waals surface area contributed by atoms with Gasteiger partial charge in [0.25, 0.3) is 0 Å². The molecule has 0 amide bonds. The highest BCUT2D eigenvalue weighted by Gasteiger charge is 2.58. The van der Waals surface area contributed by atoms with Gasteiger partial charge >= 0.3 is 5.97 Å². The number of rotatable bonds is 1. The highest BCUT2D eigenvalue weighted by atomic mass is 16.5. The standard InChI is InChI=1S/C21H28O3/c1-13(22)24-15-8-10-20(2)14(12-15)4-5-16-17-6-7-19(23)21(17,3)11-9-18(16)20/h4,8,10,15-18H,5-7,9,11-12H2,1-3H3/t15-,16-,17-,18-,20?,21-/m0/s1. The van der Waals surface area contributed by atoms with Gasteiger partial charge in [0, 0.05) is 30.6 Å². The first-order valence-electron chi connectivity index (χ1n) is 9.44. The number of esters is 1. The van der Waals surface area contributed by atoms with Gasteiger partial charge in [-0.1, -0.05) is 31.6 Å². The van der Waals surface area contributed by atoms with Gasteiger partial charge in [0.15, 0.2) is 0 Å². The molecule has 24 heavy (non-hydrogen) atoms. The maximum absolute atomic E-state index is 12.4. The van der Waals surface area contributed by atoms with E-state index in [1.165, 1.54) is 12.5 Å². The van der Waals surface area contributed by atoms with Crippen LogP contribution in [0.15, 0.2) is 23.8 Å². The van der Waals surface area contributed by atoms with Crippen molar-refractivity contribution in [2.45, 2.75) is 65.4 Å². The zero-order chi connectivity index (χ0) is 17.1. The smallest absolute Gasteiger partial charge is 0.303 e. The highest BCUT2D eigenvalue weighted by Crippen LogP contribution is 2.62. The van der Waals surface area contributed by atoms with E-state index in [1.54, 1.807) is 0 Å². The third kappa shape index (κ3) is 2.16. The fourth-order valence-corrected chi connectivity index (χ4v) is 6.29. The first-order valence-corrected chi connectivity index (χ1v) is 9.44. The topological polar surface area (TPSA) is 43.4 Å². The van der Waals surface area contributed by atoms with E-state index in [0.717, 1.165) is 38.5 Å². The van der Waals surface area contributed by atoms with Gasteiger partial charge in [0.1, 0.15) is 11.9 Å². The average Bonchev–Trinajstić information content (AvgIpc) is 2.83. The van der Waals surface area contributed by atoms with Crippen LogP contribution in [0.5, 0.6) is 0 Å². The maximum Gasteiger partial charge on any atom is 0.303 e. The molecule has 2 saturated carbocycles. The second kappa shape index (κ2) is 5.31. The molecule has 3 nitrogen and oxygen atoms in total. The van der Waals surface area contributed by atoms with E-state index in [0.29, 0.717) is 23.5 Å². The quantitative estimate of drug-likeness (QED) is 0.534. The van der Waals surface area contributed by atoms with Crippen molar-refractivity contribution in [2.75, 3.05) is 0 Å². The zero-order valence-electron chi connectivity index (χ0n) is 15.0.